The number of alkyl halides is 12. The highest BCUT2D eigenvalue weighted by atomic mass is 79.9. The van der Waals surface area contributed by atoms with Gasteiger partial charge in [-0.25, -0.2) is 0 Å². The fourth-order valence-corrected chi connectivity index (χ4v) is 8.03. The van der Waals surface area contributed by atoms with E-state index in [4.69, 9.17) is 0 Å². The van der Waals surface area contributed by atoms with Gasteiger partial charge in [0.25, 0.3) is 0 Å². The van der Waals surface area contributed by atoms with E-state index in [0.29, 0.717) is 54.1 Å². The Balaban J connectivity index is 0.000000290. The number of ketones is 1. The minimum atomic E-state index is -4.77. The maximum absolute atomic E-state index is 13.3. The minimum absolute atomic E-state index is 0.0114. The van der Waals surface area contributed by atoms with Crippen LogP contribution in [0.2, 0.25) is 0 Å². The Morgan fingerprint density at radius 3 is 1.10 bits per heavy atom. The molecule has 0 aromatic heterocycles. The molecule has 17 heteroatoms. The first kappa shape index (κ1) is 47.5. The van der Waals surface area contributed by atoms with Gasteiger partial charge >= 0.3 is 24.7 Å². The van der Waals surface area contributed by atoms with Crippen LogP contribution in [0.4, 0.5) is 52.7 Å². The molecule has 0 heterocycles. The molecule has 6 rings (SSSR count). The summed E-state index contributed by atoms with van der Waals surface area (Å²) in [6, 6.07) is 29.9. The first-order valence-corrected chi connectivity index (χ1v) is 20.9. The van der Waals surface area contributed by atoms with Crippen LogP contribution in [0.5, 0.6) is 0 Å². The summed E-state index contributed by atoms with van der Waals surface area (Å²) in [6.07, 6.45) is -20.5. The summed E-state index contributed by atoms with van der Waals surface area (Å²) in [5, 5.41) is 2.74. The fraction of sp³-hybridized carbons (Fsp3) is 0.133. The second-order valence-electron chi connectivity index (χ2n) is 14.0. The molecular formula is C45H30BBrF12O2S. The molecule has 0 aliphatic rings. The van der Waals surface area contributed by atoms with E-state index in [-0.39, 0.29) is 33.4 Å². The van der Waals surface area contributed by atoms with Gasteiger partial charge in [-0.3, -0.25) is 4.79 Å². The van der Waals surface area contributed by atoms with Crippen LogP contribution in [0, 0.1) is 11.2 Å². The second-order valence-corrected chi connectivity index (χ2v) is 17.4. The van der Waals surface area contributed by atoms with Crippen molar-refractivity contribution < 1.29 is 61.7 Å². The molecule has 0 N–H and O–H groups in total. The highest BCUT2D eigenvalue weighted by molar-refractivity contribution is 9.10. The zero-order valence-corrected chi connectivity index (χ0v) is 34.3. The normalized spacial score (nSPS) is 13.2. The van der Waals surface area contributed by atoms with E-state index in [9.17, 15) is 61.7 Å². The average molecular weight is 953 g/mol. The van der Waals surface area contributed by atoms with Crippen molar-refractivity contribution in [1.29, 1.82) is 0 Å². The molecule has 0 radical (unpaired) electrons. The number of rotatable bonds is 7. The molecule has 2 nitrogen and oxygen atoms in total. The number of halogens is 13. The summed E-state index contributed by atoms with van der Waals surface area (Å²) < 4.78 is 173. The number of carbonyl (C=O) groups is 1. The summed E-state index contributed by atoms with van der Waals surface area (Å²) in [7, 11) is -2.51. The molecule has 0 spiro atoms. The molecule has 0 bridgehead atoms. The van der Waals surface area contributed by atoms with Gasteiger partial charge in [0.05, 0.1) is 22.3 Å². The fourth-order valence-electron chi connectivity index (χ4n) is 6.69. The smallest absolute Gasteiger partial charge is 0.289 e. The Labute approximate surface area is 357 Å². The summed E-state index contributed by atoms with van der Waals surface area (Å²) in [4.78, 5) is 12.1. The third-order valence-electron chi connectivity index (χ3n) is 9.71. The van der Waals surface area contributed by atoms with E-state index in [1.54, 1.807) is 24.3 Å². The van der Waals surface area contributed by atoms with Gasteiger partial charge in [-0.1, -0.05) is 148 Å². The SMILES string of the molecule is C[S+](=O)(C#Cc1ccccc1)CC(=O)c1ccc(Br)cc1.FC(F)(F)c1ccc([B-](c2ccc(C(F)(F)F)cc2)(c2ccc(C(F)(F)F)cc2)c2ccc(C(F)(F)F)cc2)cc1. The standard InChI is InChI=1S/C28H16BF12.C17H14BrO2S/c30-25(31,32)17-1-9-21(10-2-17)29(22-11-3-18(4-12-22)26(33,34)35,23-13-5-19(6-14-23)27(36,37)38)24-15-7-20(8-16-24)28(39,40)41;1-21(20,12-11-14-5-3-2-4-6-14)13-17(19)15-7-9-16(18)10-8-15/h1-16H;2-10H,13H2,1H3/q-1;+1. The first-order chi connectivity index (χ1) is 28.8. The molecule has 0 saturated heterocycles. The van der Waals surface area contributed by atoms with E-state index in [2.05, 4.69) is 27.1 Å². The molecule has 322 valence electrons. The van der Waals surface area contributed by atoms with Crippen molar-refractivity contribution in [2.24, 2.45) is 0 Å². The van der Waals surface area contributed by atoms with Gasteiger partial charge in [0, 0.05) is 15.6 Å². The van der Waals surface area contributed by atoms with Crippen molar-refractivity contribution in [3.63, 3.8) is 0 Å². The Bertz CT molecular complexity index is 2340. The largest absolute Gasteiger partial charge is 0.416 e. The van der Waals surface area contributed by atoms with Gasteiger partial charge < -0.3 is 0 Å². The van der Waals surface area contributed by atoms with Crippen LogP contribution in [-0.2, 0) is 38.8 Å². The highest BCUT2D eigenvalue weighted by Crippen LogP contribution is 2.32. The van der Waals surface area contributed by atoms with Gasteiger partial charge in [-0.15, -0.1) is 0 Å². The summed E-state index contributed by atoms with van der Waals surface area (Å²) in [5.74, 6) is 2.65. The molecule has 6 aromatic rings. The van der Waals surface area contributed by atoms with Crippen molar-refractivity contribution in [3.8, 4) is 11.2 Å². The van der Waals surface area contributed by atoms with E-state index >= 15 is 0 Å². The van der Waals surface area contributed by atoms with Gasteiger partial charge in [0.1, 0.15) is 12.4 Å². The molecule has 62 heavy (non-hydrogen) atoms. The lowest BCUT2D eigenvalue weighted by atomic mass is 9.13. The van der Waals surface area contributed by atoms with E-state index in [0.717, 1.165) is 58.6 Å². The molecule has 0 amide bonds. The maximum Gasteiger partial charge on any atom is 0.416 e. The van der Waals surface area contributed by atoms with Gasteiger partial charge in [0.15, 0.2) is 20.9 Å². The second kappa shape index (κ2) is 18.4. The van der Waals surface area contributed by atoms with Crippen LogP contribution in [0.3, 0.4) is 0 Å². The highest BCUT2D eigenvalue weighted by Gasteiger charge is 2.38. The lowest BCUT2D eigenvalue weighted by Crippen LogP contribution is -2.74. The van der Waals surface area contributed by atoms with E-state index in [1.165, 1.54) is 6.26 Å². The summed E-state index contributed by atoms with van der Waals surface area (Å²) in [6.45, 7) is 0. The molecule has 1 atom stereocenters. The molecular weight excluding hydrogens is 923 g/mol. The van der Waals surface area contributed by atoms with Crippen LogP contribution in [-0.4, -0.2) is 23.9 Å². The number of Topliss-reactive ketones (excluding diaryl/α,β-unsaturated/α-hetero) is 1. The Hall–Kier alpha value is -5.60. The number of hydrogen-bond acceptors (Lipinski definition) is 2. The Kier molecular flexibility index (Phi) is 14.1. The zero-order valence-electron chi connectivity index (χ0n) is 31.9. The minimum Gasteiger partial charge on any atom is -0.289 e. The van der Waals surface area contributed by atoms with Crippen LogP contribution in [0.1, 0.15) is 38.2 Å². The molecule has 1 unspecified atom stereocenters. The summed E-state index contributed by atoms with van der Waals surface area (Å²) >= 11 is 3.32. The first-order valence-electron chi connectivity index (χ1n) is 18.0. The van der Waals surface area contributed by atoms with Crippen molar-refractivity contribution in [2.75, 3.05) is 12.0 Å². The topological polar surface area (TPSA) is 34.1 Å². The monoisotopic (exact) mass is 952 g/mol. The lowest BCUT2D eigenvalue weighted by molar-refractivity contribution is -0.138. The van der Waals surface area contributed by atoms with Crippen LogP contribution >= 0.6 is 15.9 Å². The van der Waals surface area contributed by atoms with Gasteiger partial charge in [-0.2, -0.15) is 74.5 Å². The quantitative estimate of drug-likeness (QED) is 0.0525. The molecule has 0 saturated carbocycles. The predicted octanol–water partition coefficient (Wildman–Crippen LogP) is 10.9. The molecule has 0 fully saturated rings. The van der Waals surface area contributed by atoms with Gasteiger partial charge in [-0.05, 0) is 30.2 Å². The van der Waals surface area contributed by atoms with Crippen LogP contribution < -0.4 is 21.9 Å². The van der Waals surface area contributed by atoms with Crippen molar-refractivity contribution in [3.05, 3.63) is 190 Å². The van der Waals surface area contributed by atoms with Crippen LogP contribution in [0.25, 0.3) is 0 Å². The molecule has 0 aliphatic carbocycles. The Morgan fingerprint density at radius 1 is 0.500 bits per heavy atom. The van der Waals surface area contributed by atoms with Crippen molar-refractivity contribution >= 4 is 59.6 Å². The number of benzene rings is 6. The molecule has 6 aromatic carbocycles. The zero-order chi connectivity index (χ0) is 45.7. The lowest BCUT2D eigenvalue weighted by Gasteiger charge is -2.44. The van der Waals surface area contributed by atoms with Crippen molar-refractivity contribution in [1.82, 2.24) is 0 Å². The van der Waals surface area contributed by atoms with E-state index in [1.807, 2.05) is 30.3 Å². The predicted molar refractivity (Wildman–Crippen MR) is 221 cm³/mol. The van der Waals surface area contributed by atoms with E-state index < -0.39 is 63.0 Å². The maximum atomic E-state index is 13.3. The Morgan fingerprint density at radius 2 is 0.806 bits per heavy atom. The van der Waals surface area contributed by atoms with Crippen molar-refractivity contribution in [2.45, 2.75) is 24.7 Å². The van der Waals surface area contributed by atoms with Gasteiger partial charge in [0.2, 0.25) is 5.78 Å². The third kappa shape index (κ3) is 11.7. The summed E-state index contributed by atoms with van der Waals surface area (Å²) in [5.41, 5.74) is -2.95. The number of carbonyl (C=O) groups excluding carboxylic acids is 1. The van der Waals surface area contributed by atoms with Crippen LogP contribution in [0.15, 0.2) is 156 Å². The number of hydrogen-bond donors (Lipinski definition) is 0. The average Bonchev–Trinajstić information content (AvgIpc) is 3.21. The third-order valence-corrected chi connectivity index (χ3v) is 11.6. The molecule has 0 aliphatic heterocycles.